The molecule has 0 spiro atoms. The van der Waals surface area contributed by atoms with Gasteiger partial charge in [0.25, 0.3) is 0 Å². The summed E-state index contributed by atoms with van der Waals surface area (Å²) in [5, 5.41) is 18.1. The lowest BCUT2D eigenvalue weighted by molar-refractivity contribution is -0.159. The second-order valence-electron chi connectivity index (χ2n) is 6.14. The van der Waals surface area contributed by atoms with E-state index in [9.17, 15) is 0 Å². The predicted octanol–water partition coefficient (Wildman–Crippen LogP) is 3.07. The molecule has 168 valence electrons. The third kappa shape index (κ3) is 11.4. The molecule has 3 N–H and O–H groups in total. The van der Waals surface area contributed by atoms with E-state index < -0.39 is 11.9 Å². The molecule has 0 aliphatic heterocycles. The third-order valence-corrected chi connectivity index (χ3v) is 3.81. The Balaban J connectivity index is 0.000000703. The highest BCUT2D eigenvalue weighted by Crippen LogP contribution is 2.28. The number of carboxylic acids is 2. The third-order valence-electron chi connectivity index (χ3n) is 3.81. The molecule has 0 radical (unpaired) electrons. The zero-order chi connectivity index (χ0) is 22.9. The van der Waals surface area contributed by atoms with Gasteiger partial charge in [-0.15, -0.1) is 0 Å². The van der Waals surface area contributed by atoms with Gasteiger partial charge in [0, 0.05) is 13.1 Å². The van der Waals surface area contributed by atoms with Crippen molar-refractivity contribution in [2.75, 3.05) is 33.5 Å². The Hall–Kier alpha value is -3.36. The number of methoxy groups -OCH3 is 1. The second kappa shape index (κ2) is 15.5. The molecule has 0 saturated carbocycles. The highest BCUT2D eigenvalue weighted by atomic mass is 16.5. The van der Waals surface area contributed by atoms with Crippen LogP contribution >= 0.6 is 0 Å². The van der Waals surface area contributed by atoms with Crippen LogP contribution in [-0.2, 0) is 20.9 Å². The zero-order valence-electron chi connectivity index (χ0n) is 17.7. The lowest BCUT2D eigenvalue weighted by Gasteiger charge is -2.12. The van der Waals surface area contributed by atoms with E-state index in [0.717, 1.165) is 30.2 Å². The van der Waals surface area contributed by atoms with Gasteiger partial charge in [-0.1, -0.05) is 48.6 Å². The maximum Gasteiger partial charge on any atom is 0.414 e. The van der Waals surface area contributed by atoms with Crippen molar-refractivity contribution in [1.82, 2.24) is 5.32 Å². The van der Waals surface area contributed by atoms with Crippen LogP contribution in [0.2, 0.25) is 0 Å². The first kappa shape index (κ1) is 25.7. The van der Waals surface area contributed by atoms with Crippen LogP contribution in [0.4, 0.5) is 0 Å². The monoisotopic (exact) mass is 431 g/mol. The van der Waals surface area contributed by atoms with E-state index >= 15 is 0 Å². The zero-order valence-corrected chi connectivity index (χ0v) is 17.7. The summed E-state index contributed by atoms with van der Waals surface area (Å²) in [6.45, 7) is 5.37. The molecule has 0 aliphatic rings. The molecule has 0 saturated heterocycles. The summed E-state index contributed by atoms with van der Waals surface area (Å²) in [4.78, 5) is 18.2. The van der Waals surface area contributed by atoms with Crippen LogP contribution in [0, 0.1) is 0 Å². The molecule has 8 nitrogen and oxygen atoms in total. The first-order valence-electron chi connectivity index (χ1n) is 9.70. The number of aliphatic carboxylic acids is 2. The Bertz CT molecular complexity index is 810. The molecular weight excluding hydrogens is 402 g/mol. The molecule has 0 amide bonds. The van der Waals surface area contributed by atoms with Gasteiger partial charge < -0.3 is 29.7 Å². The fourth-order valence-electron chi connectivity index (χ4n) is 2.39. The molecule has 0 heterocycles. The van der Waals surface area contributed by atoms with Crippen molar-refractivity contribution in [2.45, 2.75) is 13.5 Å². The van der Waals surface area contributed by atoms with Gasteiger partial charge in [-0.3, -0.25) is 0 Å². The van der Waals surface area contributed by atoms with Crippen LogP contribution in [0.1, 0.15) is 18.1 Å². The van der Waals surface area contributed by atoms with Crippen LogP contribution in [-0.4, -0.2) is 55.6 Å². The summed E-state index contributed by atoms with van der Waals surface area (Å²) < 4.78 is 16.7. The molecule has 2 aromatic rings. The van der Waals surface area contributed by atoms with Crippen molar-refractivity contribution in [1.29, 1.82) is 0 Å². The van der Waals surface area contributed by atoms with Gasteiger partial charge in [0.15, 0.2) is 11.5 Å². The van der Waals surface area contributed by atoms with Gasteiger partial charge in [0.1, 0.15) is 6.61 Å². The Morgan fingerprint density at radius 1 is 0.968 bits per heavy atom. The van der Waals surface area contributed by atoms with E-state index in [4.69, 9.17) is 34.0 Å². The number of ether oxygens (including phenoxy) is 3. The number of nitrogens with one attached hydrogen (secondary N) is 1. The average molecular weight is 431 g/mol. The van der Waals surface area contributed by atoms with Crippen molar-refractivity contribution >= 4 is 18.0 Å². The van der Waals surface area contributed by atoms with Crippen LogP contribution in [0.15, 0.2) is 54.6 Å². The Labute approximate surface area is 182 Å². The van der Waals surface area contributed by atoms with Gasteiger partial charge in [-0.05, 0) is 30.2 Å². The van der Waals surface area contributed by atoms with Crippen molar-refractivity contribution in [2.24, 2.45) is 0 Å². The summed E-state index contributed by atoms with van der Waals surface area (Å²) in [6.07, 6.45) is 4.02. The minimum Gasteiger partial charge on any atom is -0.493 e. The van der Waals surface area contributed by atoms with Crippen molar-refractivity contribution < 1.29 is 34.0 Å². The van der Waals surface area contributed by atoms with Gasteiger partial charge in [-0.25, -0.2) is 9.59 Å². The molecule has 8 heteroatoms. The van der Waals surface area contributed by atoms with Crippen molar-refractivity contribution in [3.05, 3.63) is 65.7 Å². The molecule has 0 bridgehead atoms. The SMILES string of the molecule is CC=Cc1ccc(OCCOCCNCc2ccccc2)c(OC)c1.O=C(O)C(=O)O. The minimum atomic E-state index is -1.82. The molecule has 0 aliphatic carbocycles. The van der Waals surface area contributed by atoms with E-state index in [1.54, 1.807) is 7.11 Å². The van der Waals surface area contributed by atoms with E-state index in [1.807, 2.05) is 55.5 Å². The topological polar surface area (TPSA) is 114 Å². The lowest BCUT2D eigenvalue weighted by Crippen LogP contribution is -2.20. The average Bonchev–Trinajstić information content (AvgIpc) is 2.77. The fraction of sp³-hybridized carbons (Fsp3) is 0.304. The van der Waals surface area contributed by atoms with Gasteiger partial charge in [0.2, 0.25) is 0 Å². The summed E-state index contributed by atoms with van der Waals surface area (Å²) in [5.74, 6) is -2.17. The second-order valence-corrected chi connectivity index (χ2v) is 6.14. The summed E-state index contributed by atoms with van der Waals surface area (Å²) in [6, 6.07) is 16.2. The maximum absolute atomic E-state index is 9.10. The molecular formula is C23H29NO7. The van der Waals surface area contributed by atoms with Gasteiger partial charge in [0.05, 0.1) is 20.3 Å². The fourth-order valence-corrected chi connectivity index (χ4v) is 2.39. The number of carboxylic acid groups (broad SMARTS) is 2. The Morgan fingerprint density at radius 2 is 1.68 bits per heavy atom. The maximum atomic E-state index is 9.10. The Morgan fingerprint density at radius 3 is 2.29 bits per heavy atom. The highest BCUT2D eigenvalue weighted by Gasteiger charge is 2.05. The molecule has 31 heavy (non-hydrogen) atoms. The van der Waals surface area contributed by atoms with Crippen LogP contribution in [0.3, 0.4) is 0 Å². The van der Waals surface area contributed by atoms with Crippen LogP contribution in [0.5, 0.6) is 11.5 Å². The van der Waals surface area contributed by atoms with E-state index in [0.29, 0.717) is 19.8 Å². The number of hydrogen-bond donors (Lipinski definition) is 3. The van der Waals surface area contributed by atoms with Gasteiger partial charge >= 0.3 is 11.9 Å². The van der Waals surface area contributed by atoms with Crippen LogP contribution < -0.4 is 14.8 Å². The number of benzene rings is 2. The molecule has 0 aromatic heterocycles. The highest BCUT2D eigenvalue weighted by molar-refractivity contribution is 6.27. The number of carbonyl (C=O) groups is 2. The minimum absolute atomic E-state index is 0.498. The molecule has 2 aromatic carbocycles. The van der Waals surface area contributed by atoms with Gasteiger partial charge in [-0.2, -0.15) is 0 Å². The summed E-state index contributed by atoms with van der Waals surface area (Å²) in [5.41, 5.74) is 2.37. The Kier molecular flexibility index (Phi) is 12.8. The number of rotatable bonds is 11. The first-order chi connectivity index (χ1) is 15.0. The predicted molar refractivity (Wildman–Crippen MR) is 117 cm³/mol. The van der Waals surface area contributed by atoms with E-state index in [-0.39, 0.29) is 0 Å². The standard InChI is InChI=1S/C21H27NO3.C2H2O4/c1-3-7-18-10-11-20(21(16-18)23-2)25-15-14-24-13-12-22-17-19-8-5-4-6-9-19;3-1(4)2(5)6/h3-11,16,22H,12-15,17H2,1-2H3;(H,3,4)(H,5,6). The summed E-state index contributed by atoms with van der Waals surface area (Å²) in [7, 11) is 1.65. The molecule has 2 rings (SSSR count). The number of allylic oxidation sites excluding steroid dienone is 1. The molecule has 0 fully saturated rings. The summed E-state index contributed by atoms with van der Waals surface area (Å²) >= 11 is 0. The lowest BCUT2D eigenvalue weighted by atomic mass is 10.2. The molecule has 0 unspecified atom stereocenters. The van der Waals surface area contributed by atoms with Crippen LogP contribution in [0.25, 0.3) is 6.08 Å². The normalized spacial score (nSPS) is 10.3. The quantitative estimate of drug-likeness (QED) is 0.367. The largest absolute Gasteiger partial charge is 0.493 e. The first-order valence-corrected chi connectivity index (χ1v) is 9.70. The van der Waals surface area contributed by atoms with Crippen molar-refractivity contribution in [3.8, 4) is 11.5 Å². The van der Waals surface area contributed by atoms with E-state index in [1.165, 1.54) is 5.56 Å². The smallest absolute Gasteiger partial charge is 0.414 e. The molecule has 0 atom stereocenters. The van der Waals surface area contributed by atoms with E-state index in [2.05, 4.69) is 17.4 Å². The number of hydrogen-bond acceptors (Lipinski definition) is 6. The van der Waals surface area contributed by atoms with Crippen molar-refractivity contribution in [3.63, 3.8) is 0 Å².